The molecular formula is C8H14O3. The Morgan fingerprint density at radius 3 is 2.82 bits per heavy atom. The SMILES string of the molecule is CC(=O)OC[C@@H]1CC[C@H](C)O1. The van der Waals surface area contributed by atoms with Gasteiger partial charge in [-0.2, -0.15) is 0 Å². The molecule has 3 heteroatoms. The Morgan fingerprint density at radius 1 is 1.64 bits per heavy atom. The Morgan fingerprint density at radius 2 is 2.36 bits per heavy atom. The van der Waals surface area contributed by atoms with E-state index in [2.05, 4.69) is 0 Å². The van der Waals surface area contributed by atoms with Gasteiger partial charge >= 0.3 is 5.97 Å². The molecule has 0 saturated carbocycles. The van der Waals surface area contributed by atoms with E-state index in [1.165, 1.54) is 6.92 Å². The molecule has 11 heavy (non-hydrogen) atoms. The molecule has 0 spiro atoms. The monoisotopic (exact) mass is 158 g/mol. The molecule has 1 saturated heterocycles. The van der Waals surface area contributed by atoms with E-state index in [-0.39, 0.29) is 12.1 Å². The van der Waals surface area contributed by atoms with Crippen molar-refractivity contribution < 1.29 is 14.3 Å². The van der Waals surface area contributed by atoms with Crippen molar-refractivity contribution in [2.24, 2.45) is 0 Å². The first-order valence-electron chi connectivity index (χ1n) is 3.97. The standard InChI is InChI=1S/C8H14O3/c1-6-3-4-8(11-6)5-10-7(2)9/h6,8H,3-5H2,1-2H3/t6-,8-/m0/s1. The third kappa shape index (κ3) is 2.89. The third-order valence-electron chi connectivity index (χ3n) is 1.79. The van der Waals surface area contributed by atoms with Gasteiger partial charge in [-0.15, -0.1) is 0 Å². The van der Waals surface area contributed by atoms with Gasteiger partial charge in [-0.1, -0.05) is 0 Å². The quantitative estimate of drug-likeness (QED) is 0.565. The van der Waals surface area contributed by atoms with Crippen LogP contribution in [-0.4, -0.2) is 24.8 Å². The molecule has 2 atom stereocenters. The van der Waals surface area contributed by atoms with Crippen LogP contribution in [0.5, 0.6) is 0 Å². The van der Waals surface area contributed by atoms with Crippen molar-refractivity contribution in [2.75, 3.05) is 6.61 Å². The van der Waals surface area contributed by atoms with Crippen LogP contribution in [0, 0.1) is 0 Å². The van der Waals surface area contributed by atoms with E-state index in [1.807, 2.05) is 6.92 Å². The Balaban J connectivity index is 2.13. The Kier molecular flexibility index (Phi) is 2.88. The van der Waals surface area contributed by atoms with Crippen LogP contribution in [0.2, 0.25) is 0 Å². The maximum absolute atomic E-state index is 10.4. The van der Waals surface area contributed by atoms with Gasteiger partial charge in [0.25, 0.3) is 0 Å². The highest BCUT2D eigenvalue weighted by atomic mass is 16.6. The fraction of sp³-hybridized carbons (Fsp3) is 0.875. The van der Waals surface area contributed by atoms with E-state index in [9.17, 15) is 4.79 Å². The number of esters is 1. The molecular weight excluding hydrogens is 144 g/mol. The molecule has 0 N–H and O–H groups in total. The molecule has 1 aliphatic rings. The Bertz CT molecular complexity index is 144. The van der Waals surface area contributed by atoms with Crippen LogP contribution in [0.3, 0.4) is 0 Å². The lowest BCUT2D eigenvalue weighted by Crippen LogP contribution is -2.17. The molecule has 1 heterocycles. The van der Waals surface area contributed by atoms with Crippen molar-refractivity contribution in [3.05, 3.63) is 0 Å². The van der Waals surface area contributed by atoms with Crippen molar-refractivity contribution in [3.8, 4) is 0 Å². The van der Waals surface area contributed by atoms with Gasteiger partial charge in [0.1, 0.15) is 6.61 Å². The van der Waals surface area contributed by atoms with Gasteiger partial charge in [-0.25, -0.2) is 0 Å². The average Bonchev–Trinajstić information content (AvgIpc) is 2.31. The lowest BCUT2D eigenvalue weighted by Gasteiger charge is -2.09. The first-order chi connectivity index (χ1) is 5.18. The second-order valence-electron chi connectivity index (χ2n) is 2.95. The smallest absolute Gasteiger partial charge is 0.302 e. The molecule has 3 nitrogen and oxygen atoms in total. The number of carbonyl (C=O) groups excluding carboxylic acids is 1. The van der Waals surface area contributed by atoms with Crippen LogP contribution in [0.4, 0.5) is 0 Å². The van der Waals surface area contributed by atoms with Crippen LogP contribution in [-0.2, 0) is 14.3 Å². The molecule has 0 unspecified atom stereocenters. The first-order valence-corrected chi connectivity index (χ1v) is 3.97. The second kappa shape index (κ2) is 3.72. The first kappa shape index (κ1) is 8.53. The molecule has 1 rings (SSSR count). The maximum Gasteiger partial charge on any atom is 0.302 e. The highest BCUT2D eigenvalue weighted by Gasteiger charge is 2.22. The zero-order valence-electron chi connectivity index (χ0n) is 7.00. The van der Waals surface area contributed by atoms with Crippen molar-refractivity contribution in [3.63, 3.8) is 0 Å². The number of ether oxygens (including phenoxy) is 2. The molecule has 0 radical (unpaired) electrons. The summed E-state index contributed by atoms with van der Waals surface area (Å²) in [4.78, 5) is 10.4. The number of carbonyl (C=O) groups is 1. The summed E-state index contributed by atoms with van der Waals surface area (Å²) in [5.41, 5.74) is 0. The van der Waals surface area contributed by atoms with Crippen LogP contribution < -0.4 is 0 Å². The van der Waals surface area contributed by atoms with E-state index in [1.54, 1.807) is 0 Å². The molecule has 1 aliphatic heterocycles. The summed E-state index contributed by atoms with van der Waals surface area (Å²) < 4.78 is 10.2. The number of hydrogen-bond donors (Lipinski definition) is 0. The van der Waals surface area contributed by atoms with Crippen molar-refractivity contribution in [1.29, 1.82) is 0 Å². The lowest BCUT2D eigenvalue weighted by molar-refractivity contribution is -0.144. The van der Waals surface area contributed by atoms with Crippen molar-refractivity contribution >= 4 is 5.97 Å². The van der Waals surface area contributed by atoms with Gasteiger partial charge in [0.05, 0.1) is 12.2 Å². The second-order valence-corrected chi connectivity index (χ2v) is 2.95. The Hall–Kier alpha value is -0.570. The highest BCUT2D eigenvalue weighted by Crippen LogP contribution is 2.18. The zero-order valence-corrected chi connectivity index (χ0v) is 7.00. The molecule has 0 aromatic carbocycles. The van der Waals surface area contributed by atoms with Gasteiger partial charge < -0.3 is 9.47 Å². The van der Waals surface area contributed by atoms with E-state index in [0.717, 1.165) is 12.8 Å². The summed E-state index contributed by atoms with van der Waals surface area (Å²) >= 11 is 0. The summed E-state index contributed by atoms with van der Waals surface area (Å²) in [7, 11) is 0. The van der Waals surface area contributed by atoms with E-state index in [4.69, 9.17) is 9.47 Å². The average molecular weight is 158 g/mol. The van der Waals surface area contributed by atoms with Gasteiger partial charge in [-0.05, 0) is 19.8 Å². The van der Waals surface area contributed by atoms with Gasteiger partial charge in [-0.3, -0.25) is 4.79 Å². The summed E-state index contributed by atoms with van der Waals surface area (Å²) in [5, 5.41) is 0. The van der Waals surface area contributed by atoms with Crippen molar-refractivity contribution in [1.82, 2.24) is 0 Å². The molecule has 0 aromatic rings. The summed E-state index contributed by atoms with van der Waals surface area (Å²) in [5.74, 6) is -0.229. The minimum atomic E-state index is -0.229. The normalized spacial score (nSPS) is 30.4. The minimum Gasteiger partial charge on any atom is -0.463 e. The molecule has 64 valence electrons. The summed E-state index contributed by atoms with van der Waals surface area (Å²) in [6.07, 6.45) is 2.55. The predicted octanol–water partition coefficient (Wildman–Crippen LogP) is 1.12. The maximum atomic E-state index is 10.4. The number of hydrogen-bond acceptors (Lipinski definition) is 3. The predicted molar refractivity (Wildman–Crippen MR) is 40.2 cm³/mol. The fourth-order valence-corrected chi connectivity index (χ4v) is 1.22. The van der Waals surface area contributed by atoms with Gasteiger partial charge in [0.2, 0.25) is 0 Å². The Labute approximate surface area is 66.7 Å². The van der Waals surface area contributed by atoms with Gasteiger partial charge in [0.15, 0.2) is 0 Å². The van der Waals surface area contributed by atoms with E-state index < -0.39 is 0 Å². The van der Waals surface area contributed by atoms with Crippen LogP contribution >= 0.6 is 0 Å². The third-order valence-corrected chi connectivity index (χ3v) is 1.79. The molecule has 0 bridgehead atoms. The van der Waals surface area contributed by atoms with Gasteiger partial charge in [0, 0.05) is 6.92 Å². The van der Waals surface area contributed by atoms with E-state index >= 15 is 0 Å². The topological polar surface area (TPSA) is 35.5 Å². The zero-order chi connectivity index (χ0) is 8.27. The summed E-state index contributed by atoms with van der Waals surface area (Å²) in [6.45, 7) is 3.87. The lowest BCUT2D eigenvalue weighted by atomic mass is 10.2. The van der Waals surface area contributed by atoms with Crippen LogP contribution in [0.1, 0.15) is 26.7 Å². The molecule has 1 fully saturated rings. The van der Waals surface area contributed by atoms with Crippen LogP contribution in [0.15, 0.2) is 0 Å². The molecule has 0 amide bonds. The largest absolute Gasteiger partial charge is 0.463 e. The minimum absolute atomic E-state index is 0.133. The number of rotatable bonds is 2. The molecule has 0 aromatic heterocycles. The summed E-state index contributed by atoms with van der Waals surface area (Å²) in [6, 6.07) is 0. The van der Waals surface area contributed by atoms with E-state index in [0.29, 0.717) is 12.7 Å². The molecule has 0 aliphatic carbocycles. The fourth-order valence-electron chi connectivity index (χ4n) is 1.22. The highest BCUT2D eigenvalue weighted by molar-refractivity contribution is 5.65. The van der Waals surface area contributed by atoms with Crippen LogP contribution in [0.25, 0.3) is 0 Å². The van der Waals surface area contributed by atoms with Crippen molar-refractivity contribution in [2.45, 2.75) is 38.9 Å².